The first-order valence-electron chi connectivity index (χ1n) is 4.30. The molecule has 16 heavy (non-hydrogen) atoms. The lowest BCUT2D eigenvalue weighted by molar-refractivity contribution is -0.150. The molecule has 0 unspecified atom stereocenters. The van der Waals surface area contributed by atoms with Crippen molar-refractivity contribution in [3.8, 4) is 0 Å². The molecule has 1 rings (SSSR count). The van der Waals surface area contributed by atoms with Crippen molar-refractivity contribution in [2.24, 2.45) is 0 Å². The van der Waals surface area contributed by atoms with Crippen molar-refractivity contribution in [2.45, 2.75) is 6.92 Å². The Bertz CT molecular complexity index is 448. The Morgan fingerprint density at radius 2 is 2.06 bits per heavy atom. The van der Waals surface area contributed by atoms with Gasteiger partial charge >= 0.3 is 11.9 Å². The van der Waals surface area contributed by atoms with Gasteiger partial charge in [-0.3, -0.25) is 4.79 Å². The van der Waals surface area contributed by atoms with Crippen LogP contribution in [0, 0.1) is 12.7 Å². The van der Waals surface area contributed by atoms with Crippen LogP contribution in [0.4, 0.5) is 10.1 Å². The van der Waals surface area contributed by atoms with Gasteiger partial charge in [-0.2, -0.15) is 0 Å². The predicted molar refractivity (Wildman–Crippen MR) is 59.5 cm³/mol. The molecule has 0 bridgehead atoms. The summed E-state index contributed by atoms with van der Waals surface area (Å²) in [6, 6.07) is 2.63. The van der Waals surface area contributed by atoms with Gasteiger partial charge in [-0.05, 0) is 40.5 Å². The number of esters is 1. The van der Waals surface area contributed by atoms with Gasteiger partial charge in [0.05, 0.1) is 11.6 Å². The highest BCUT2D eigenvalue weighted by atomic mass is 79.9. The number of hydrogen-bond donors (Lipinski definition) is 1. The molecule has 0 radical (unpaired) electrons. The number of benzene rings is 1. The minimum absolute atomic E-state index is 0.233. The van der Waals surface area contributed by atoms with Gasteiger partial charge in [-0.25, -0.2) is 9.18 Å². The molecule has 1 aromatic rings. The number of anilines is 1. The third-order valence-corrected chi connectivity index (χ3v) is 2.49. The Labute approximate surface area is 99.9 Å². The molecule has 0 saturated carbocycles. The van der Waals surface area contributed by atoms with E-state index in [2.05, 4.69) is 26.0 Å². The van der Waals surface area contributed by atoms with E-state index in [9.17, 15) is 14.0 Å². The first kappa shape index (κ1) is 12.6. The van der Waals surface area contributed by atoms with Gasteiger partial charge < -0.3 is 10.1 Å². The number of carbonyl (C=O) groups excluding carboxylic acids is 2. The van der Waals surface area contributed by atoms with E-state index in [0.29, 0.717) is 10.0 Å². The average Bonchev–Trinajstić information content (AvgIpc) is 2.24. The van der Waals surface area contributed by atoms with Gasteiger partial charge in [-0.15, -0.1) is 0 Å². The average molecular weight is 290 g/mol. The van der Waals surface area contributed by atoms with Crippen LogP contribution in [0.15, 0.2) is 16.6 Å². The van der Waals surface area contributed by atoms with Gasteiger partial charge in [0.1, 0.15) is 5.82 Å². The molecule has 0 atom stereocenters. The van der Waals surface area contributed by atoms with E-state index in [4.69, 9.17) is 0 Å². The molecule has 1 aromatic carbocycles. The molecule has 0 heterocycles. The number of rotatable bonds is 1. The van der Waals surface area contributed by atoms with Crippen molar-refractivity contribution in [3.63, 3.8) is 0 Å². The third-order valence-electron chi connectivity index (χ3n) is 1.89. The SMILES string of the molecule is COC(=O)C(=O)Nc1cc(F)c(Br)cc1C. The molecule has 0 aliphatic rings. The van der Waals surface area contributed by atoms with E-state index in [1.54, 1.807) is 6.92 Å². The van der Waals surface area contributed by atoms with Crippen LogP contribution in [-0.4, -0.2) is 19.0 Å². The monoisotopic (exact) mass is 289 g/mol. The Morgan fingerprint density at radius 3 is 2.62 bits per heavy atom. The van der Waals surface area contributed by atoms with Crippen LogP contribution in [0.3, 0.4) is 0 Å². The summed E-state index contributed by atoms with van der Waals surface area (Å²) in [5.41, 5.74) is 0.863. The molecule has 1 N–H and O–H groups in total. The van der Waals surface area contributed by atoms with Crippen LogP contribution < -0.4 is 5.32 Å². The highest BCUT2D eigenvalue weighted by Gasteiger charge is 2.15. The molecule has 0 fully saturated rings. The molecule has 1 amide bonds. The van der Waals surface area contributed by atoms with E-state index in [0.717, 1.165) is 13.2 Å². The summed E-state index contributed by atoms with van der Waals surface area (Å²) >= 11 is 3.01. The van der Waals surface area contributed by atoms with Crippen LogP contribution in [0.2, 0.25) is 0 Å². The summed E-state index contributed by atoms with van der Waals surface area (Å²) in [6.45, 7) is 1.68. The van der Waals surface area contributed by atoms with Crippen LogP contribution in [0.1, 0.15) is 5.56 Å². The molecule has 0 saturated heterocycles. The van der Waals surface area contributed by atoms with Crippen molar-refractivity contribution >= 4 is 33.5 Å². The van der Waals surface area contributed by atoms with Crippen LogP contribution in [-0.2, 0) is 14.3 Å². The number of nitrogens with one attached hydrogen (secondary N) is 1. The van der Waals surface area contributed by atoms with Crippen molar-refractivity contribution in [1.29, 1.82) is 0 Å². The molecule has 0 aliphatic carbocycles. The van der Waals surface area contributed by atoms with E-state index < -0.39 is 17.7 Å². The van der Waals surface area contributed by atoms with E-state index >= 15 is 0 Å². The minimum Gasteiger partial charge on any atom is -0.462 e. The topological polar surface area (TPSA) is 55.4 Å². The normalized spacial score (nSPS) is 9.75. The van der Waals surface area contributed by atoms with Gasteiger partial charge in [0.25, 0.3) is 0 Å². The van der Waals surface area contributed by atoms with Gasteiger partial charge in [0.15, 0.2) is 0 Å². The lowest BCUT2D eigenvalue weighted by atomic mass is 10.2. The number of carbonyl (C=O) groups is 2. The zero-order valence-corrected chi connectivity index (χ0v) is 10.2. The molecule has 4 nitrogen and oxygen atoms in total. The fourth-order valence-corrected chi connectivity index (χ4v) is 1.50. The molecular formula is C10H9BrFNO3. The molecule has 0 spiro atoms. The second-order valence-electron chi connectivity index (χ2n) is 3.03. The first-order valence-corrected chi connectivity index (χ1v) is 5.10. The minimum atomic E-state index is -1.03. The second-order valence-corrected chi connectivity index (χ2v) is 3.88. The van der Waals surface area contributed by atoms with Crippen molar-refractivity contribution in [2.75, 3.05) is 12.4 Å². The summed E-state index contributed by atoms with van der Waals surface area (Å²) in [5.74, 6) is -2.49. The highest BCUT2D eigenvalue weighted by molar-refractivity contribution is 9.10. The van der Waals surface area contributed by atoms with Crippen molar-refractivity contribution in [3.05, 3.63) is 28.0 Å². The number of ether oxygens (including phenoxy) is 1. The summed E-state index contributed by atoms with van der Waals surface area (Å²) in [6.07, 6.45) is 0. The van der Waals surface area contributed by atoms with E-state index in [1.807, 2.05) is 0 Å². The van der Waals surface area contributed by atoms with Crippen molar-refractivity contribution in [1.82, 2.24) is 0 Å². The Hall–Kier alpha value is -1.43. The fourth-order valence-electron chi connectivity index (χ4n) is 1.05. The molecule has 0 aliphatic heterocycles. The predicted octanol–water partition coefficient (Wildman–Crippen LogP) is 2.01. The largest absolute Gasteiger partial charge is 0.462 e. The van der Waals surface area contributed by atoms with Crippen LogP contribution in [0.25, 0.3) is 0 Å². The smallest absolute Gasteiger partial charge is 0.396 e. The zero-order chi connectivity index (χ0) is 12.3. The molecular weight excluding hydrogens is 281 g/mol. The Balaban J connectivity index is 2.94. The number of hydrogen-bond acceptors (Lipinski definition) is 3. The quantitative estimate of drug-likeness (QED) is 0.636. The molecule has 0 aromatic heterocycles. The van der Waals surface area contributed by atoms with E-state index in [1.165, 1.54) is 6.07 Å². The number of methoxy groups -OCH3 is 1. The Kier molecular flexibility index (Phi) is 4.00. The number of aryl methyl sites for hydroxylation is 1. The van der Waals surface area contributed by atoms with Crippen LogP contribution in [0.5, 0.6) is 0 Å². The van der Waals surface area contributed by atoms with E-state index in [-0.39, 0.29) is 5.69 Å². The summed E-state index contributed by atoms with van der Waals surface area (Å²) in [5, 5.41) is 2.25. The summed E-state index contributed by atoms with van der Waals surface area (Å²) < 4.78 is 17.7. The maximum Gasteiger partial charge on any atom is 0.396 e. The first-order chi connectivity index (χ1) is 7.45. The van der Waals surface area contributed by atoms with Gasteiger partial charge in [0, 0.05) is 5.69 Å². The standard InChI is InChI=1S/C10H9BrFNO3/c1-5-3-6(11)7(12)4-8(5)13-9(14)10(15)16-2/h3-4H,1-2H3,(H,13,14). The van der Waals surface area contributed by atoms with Gasteiger partial charge in [0.2, 0.25) is 0 Å². The number of halogens is 2. The summed E-state index contributed by atoms with van der Waals surface area (Å²) in [7, 11) is 1.09. The lowest BCUT2D eigenvalue weighted by Crippen LogP contribution is -2.24. The third kappa shape index (κ3) is 2.79. The number of amides is 1. The van der Waals surface area contributed by atoms with Crippen LogP contribution >= 0.6 is 15.9 Å². The maximum absolute atomic E-state index is 13.2. The second kappa shape index (κ2) is 5.07. The maximum atomic E-state index is 13.2. The molecule has 86 valence electrons. The zero-order valence-electron chi connectivity index (χ0n) is 8.64. The fraction of sp³-hybridized carbons (Fsp3) is 0.200. The molecule has 6 heteroatoms. The highest BCUT2D eigenvalue weighted by Crippen LogP contribution is 2.23. The lowest BCUT2D eigenvalue weighted by Gasteiger charge is -2.08. The summed E-state index contributed by atoms with van der Waals surface area (Å²) in [4.78, 5) is 22.0. The van der Waals surface area contributed by atoms with Crippen molar-refractivity contribution < 1.29 is 18.7 Å². The Morgan fingerprint density at radius 1 is 1.44 bits per heavy atom. The van der Waals surface area contributed by atoms with Gasteiger partial charge in [-0.1, -0.05) is 0 Å².